The molecule has 0 aromatic carbocycles. The second kappa shape index (κ2) is 21.2. The van der Waals surface area contributed by atoms with Crippen LogP contribution in [0, 0.1) is 46.3 Å². The number of ether oxygens (including phenoxy) is 10. The number of aliphatic hydroxyl groups is 14. The van der Waals surface area contributed by atoms with Crippen molar-refractivity contribution in [3.05, 3.63) is 0 Å². The molecule has 0 amide bonds. The smallest absolute Gasteiger partial charge is 0.187 e. The third kappa shape index (κ3) is 9.16. The second-order valence-corrected chi connectivity index (χ2v) is 24.2. The highest BCUT2D eigenvalue weighted by molar-refractivity contribution is 5.22. The van der Waals surface area contributed by atoms with Crippen molar-refractivity contribution in [2.75, 3.05) is 33.0 Å². The topological polar surface area (TPSA) is 376 Å². The van der Waals surface area contributed by atoms with Crippen molar-refractivity contribution in [3.63, 3.8) is 0 Å². The van der Waals surface area contributed by atoms with E-state index in [4.69, 9.17) is 47.4 Å². The van der Waals surface area contributed by atoms with Gasteiger partial charge in [0, 0.05) is 30.1 Å². The first-order valence-corrected chi connectivity index (χ1v) is 26.9. The molecule has 4 saturated carbocycles. The third-order valence-corrected chi connectivity index (χ3v) is 20.2. The van der Waals surface area contributed by atoms with Crippen molar-refractivity contribution in [1.82, 2.24) is 0 Å². The maximum atomic E-state index is 13.0. The van der Waals surface area contributed by atoms with Crippen LogP contribution in [0.4, 0.5) is 0 Å². The number of hydrogen-bond acceptors (Lipinski definition) is 24. The Balaban J connectivity index is 0.831. The Hall–Kier alpha value is -0.960. The summed E-state index contributed by atoms with van der Waals surface area (Å²) in [6.07, 6.45) is -29.8. The maximum absolute atomic E-state index is 13.0. The van der Waals surface area contributed by atoms with Gasteiger partial charge < -0.3 is 119 Å². The zero-order valence-corrected chi connectivity index (χ0v) is 42.4. The van der Waals surface area contributed by atoms with E-state index in [-0.39, 0.29) is 46.5 Å². The van der Waals surface area contributed by atoms with Crippen molar-refractivity contribution >= 4 is 0 Å². The lowest BCUT2D eigenvalue weighted by Crippen LogP contribution is -2.68. The highest BCUT2D eigenvalue weighted by Gasteiger charge is 2.75. The lowest BCUT2D eigenvalue weighted by molar-refractivity contribution is -0.404. The van der Waals surface area contributed by atoms with Crippen molar-refractivity contribution in [3.8, 4) is 0 Å². The predicted octanol–water partition coefficient (Wildman–Crippen LogP) is -4.18. The highest BCUT2D eigenvalue weighted by atomic mass is 16.8. The summed E-state index contributed by atoms with van der Waals surface area (Å²) in [6, 6.07) is 0. The maximum Gasteiger partial charge on any atom is 0.187 e. The monoisotopic (exact) mass is 1070 g/mol. The molecule has 0 bridgehead atoms. The van der Waals surface area contributed by atoms with Crippen LogP contribution in [0.2, 0.25) is 0 Å². The molecule has 4 aliphatic carbocycles. The van der Waals surface area contributed by atoms with Crippen molar-refractivity contribution in [2.45, 2.75) is 232 Å². The molecule has 0 aromatic rings. The van der Waals surface area contributed by atoms with E-state index in [1.165, 1.54) is 0 Å². The van der Waals surface area contributed by atoms with E-state index >= 15 is 0 Å². The van der Waals surface area contributed by atoms with Gasteiger partial charge in [0.25, 0.3) is 0 Å². The Morgan fingerprint density at radius 3 is 1.85 bits per heavy atom. The van der Waals surface area contributed by atoms with E-state index < -0.39 is 167 Å². The molecule has 6 saturated heterocycles. The van der Waals surface area contributed by atoms with Crippen LogP contribution in [-0.4, -0.2) is 251 Å². The Bertz CT molecular complexity index is 1910. The first kappa shape index (κ1) is 56.3. The highest BCUT2D eigenvalue weighted by Crippen LogP contribution is 2.73. The molecular formula is C50H82O24. The van der Waals surface area contributed by atoms with E-state index in [2.05, 4.69) is 27.7 Å². The van der Waals surface area contributed by atoms with Gasteiger partial charge in [0.1, 0.15) is 91.6 Å². The number of fused-ring (bicyclic) bond motifs is 7. The number of rotatable bonds is 11. The number of aliphatic hydroxyl groups excluding tert-OH is 13. The first-order chi connectivity index (χ1) is 35.0. The summed E-state index contributed by atoms with van der Waals surface area (Å²) in [6.45, 7) is 6.40. The van der Waals surface area contributed by atoms with Crippen molar-refractivity contribution in [2.24, 2.45) is 46.3 Å². The van der Waals surface area contributed by atoms with Crippen LogP contribution in [0.15, 0.2) is 0 Å². The largest absolute Gasteiger partial charge is 0.394 e. The molecule has 10 aliphatic rings. The molecule has 1 spiro atoms. The standard InChI is InChI=1S/C50H82O24/c1-19-7-10-50(66-17-19)20(2)31-27(74-50)13-49(64)23-6-5-21-11-26(24(54)12-47(21,3)22(23)8-9-48(31,49)4)67-44-39(63)36(60)40(30(16-53)70-44)71-46-42(73-45-38(62)35(59)33(57)28(14-51)68-45)41(34(58)29(15-52)69-46)72-43-37(61)32(56)25(55)18-65-43/h19-46,51-64H,5-18H2,1-4H3. The molecule has 6 aliphatic heterocycles. The van der Waals surface area contributed by atoms with Gasteiger partial charge in [0.15, 0.2) is 30.9 Å². The van der Waals surface area contributed by atoms with Gasteiger partial charge in [-0.3, -0.25) is 0 Å². The molecule has 32 atom stereocenters. The summed E-state index contributed by atoms with van der Waals surface area (Å²) in [7, 11) is 0. The van der Waals surface area contributed by atoms with E-state index in [9.17, 15) is 71.5 Å². The molecular weight excluding hydrogens is 985 g/mol. The molecule has 0 radical (unpaired) electrons. The van der Waals surface area contributed by atoms with Gasteiger partial charge in [0.05, 0.1) is 56.9 Å². The van der Waals surface area contributed by atoms with Crippen LogP contribution >= 0.6 is 0 Å². The van der Waals surface area contributed by atoms with Gasteiger partial charge in [-0.05, 0) is 74.0 Å². The van der Waals surface area contributed by atoms with Gasteiger partial charge in [-0.15, -0.1) is 0 Å². The van der Waals surface area contributed by atoms with Crippen LogP contribution in [0.5, 0.6) is 0 Å². The fraction of sp³-hybridized carbons (Fsp3) is 1.00. The average Bonchev–Trinajstić information content (AvgIpc) is 3.78. The lowest BCUT2D eigenvalue weighted by Gasteiger charge is -2.64. The van der Waals surface area contributed by atoms with Crippen molar-refractivity contribution < 1.29 is 119 Å². The van der Waals surface area contributed by atoms with Gasteiger partial charge in [-0.25, -0.2) is 0 Å². The molecule has 0 aromatic heterocycles. The zero-order valence-electron chi connectivity index (χ0n) is 42.4. The van der Waals surface area contributed by atoms with Crippen LogP contribution in [-0.2, 0) is 47.4 Å². The fourth-order valence-corrected chi connectivity index (χ4v) is 15.9. The van der Waals surface area contributed by atoms with Crippen LogP contribution in [0.25, 0.3) is 0 Å². The number of hydrogen-bond donors (Lipinski definition) is 14. The van der Waals surface area contributed by atoms with Crippen LogP contribution in [0.1, 0.15) is 85.5 Å². The second-order valence-electron chi connectivity index (χ2n) is 24.2. The summed E-state index contributed by atoms with van der Waals surface area (Å²) in [5.74, 6) is 0.284. The summed E-state index contributed by atoms with van der Waals surface area (Å²) in [5, 5.41) is 154. The summed E-state index contributed by atoms with van der Waals surface area (Å²) in [5.41, 5.74) is -1.72. The van der Waals surface area contributed by atoms with E-state index in [0.29, 0.717) is 31.8 Å². The lowest BCUT2D eigenvalue weighted by atomic mass is 9.42. The molecule has 24 heteroatoms. The third-order valence-electron chi connectivity index (χ3n) is 20.2. The van der Waals surface area contributed by atoms with Gasteiger partial charge >= 0.3 is 0 Å². The van der Waals surface area contributed by atoms with E-state index in [1.807, 2.05) is 0 Å². The fourth-order valence-electron chi connectivity index (χ4n) is 15.9. The average molecular weight is 1070 g/mol. The van der Waals surface area contributed by atoms with Gasteiger partial charge in [-0.1, -0.05) is 27.7 Å². The molecule has 14 N–H and O–H groups in total. The molecule has 10 rings (SSSR count). The molecule has 32 unspecified atom stereocenters. The predicted molar refractivity (Wildman–Crippen MR) is 245 cm³/mol. The molecule has 426 valence electrons. The molecule has 10 fully saturated rings. The normalized spacial score (nSPS) is 58.6. The minimum atomic E-state index is -2.03. The Morgan fingerprint density at radius 1 is 0.541 bits per heavy atom. The van der Waals surface area contributed by atoms with Gasteiger partial charge in [-0.2, -0.15) is 0 Å². The molecule has 24 nitrogen and oxygen atoms in total. The SMILES string of the molecule is CC1CCC2(OC1)OC1CC3(O)C4CCC5CC(OC6OC(CO)C(OC7OC(CO)C(O)C(OC8OCC(O)C(O)C8O)C7OC7OC(CO)C(O)C(O)C7O)C(O)C6O)C(O)CC5(C)C4CCC3(C)C1C2C. The Labute approximate surface area is 429 Å². The molecule has 6 heterocycles. The zero-order chi connectivity index (χ0) is 53.1. The first-order valence-electron chi connectivity index (χ1n) is 26.9. The summed E-state index contributed by atoms with van der Waals surface area (Å²) >= 11 is 0. The minimum Gasteiger partial charge on any atom is -0.394 e. The summed E-state index contributed by atoms with van der Waals surface area (Å²) in [4.78, 5) is 0. The van der Waals surface area contributed by atoms with Crippen LogP contribution < -0.4 is 0 Å². The summed E-state index contributed by atoms with van der Waals surface area (Å²) < 4.78 is 60.8. The van der Waals surface area contributed by atoms with Crippen LogP contribution in [0.3, 0.4) is 0 Å². The Kier molecular flexibility index (Phi) is 16.1. The minimum absolute atomic E-state index is 0.0140. The quantitative estimate of drug-likeness (QED) is 0.0873. The Morgan fingerprint density at radius 2 is 1.16 bits per heavy atom. The van der Waals surface area contributed by atoms with E-state index in [1.54, 1.807) is 0 Å². The van der Waals surface area contributed by atoms with Gasteiger partial charge in [0.2, 0.25) is 0 Å². The van der Waals surface area contributed by atoms with Crippen molar-refractivity contribution in [1.29, 1.82) is 0 Å². The molecule has 74 heavy (non-hydrogen) atoms. The van der Waals surface area contributed by atoms with E-state index in [0.717, 1.165) is 38.5 Å².